The number of oxime groups is 2. The molecule has 0 unspecified atom stereocenters. The molecule has 4 aromatic rings. The third kappa shape index (κ3) is 11.4. The normalized spacial score (nSPS) is 19.4. The smallest absolute Gasteiger partial charge is 0.440 e. The van der Waals surface area contributed by atoms with E-state index in [1.54, 1.807) is 38.1 Å². The van der Waals surface area contributed by atoms with Gasteiger partial charge in [0, 0.05) is 40.3 Å². The molecule has 0 radical (unpaired) electrons. The molecule has 0 saturated carbocycles. The number of ether oxygens (including phenoxy) is 4. The van der Waals surface area contributed by atoms with Crippen LogP contribution in [-0.4, -0.2) is 78.2 Å². The summed E-state index contributed by atoms with van der Waals surface area (Å²) >= 11 is 0. The maximum absolute atomic E-state index is 12.3. The average Bonchev–Trinajstić information content (AvgIpc) is 3.73. The van der Waals surface area contributed by atoms with Gasteiger partial charge in [-0.05, 0) is 73.5 Å². The molecule has 4 aromatic carbocycles. The summed E-state index contributed by atoms with van der Waals surface area (Å²) in [5.74, 6) is 0.241. The number of alkyl halides is 6. The van der Waals surface area contributed by atoms with Crippen LogP contribution >= 0.6 is 0 Å². The molecule has 2 heterocycles. The molecule has 14 nitrogen and oxygen atoms in total. The van der Waals surface area contributed by atoms with E-state index in [0.717, 1.165) is 8.61 Å². The van der Waals surface area contributed by atoms with Crippen molar-refractivity contribution in [2.24, 2.45) is 10.3 Å². The van der Waals surface area contributed by atoms with E-state index in [1.165, 1.54) is 101 Å². The van der Waals surface area contributed by atoms with Crippen molar-refractivity contribution in [2.75, 3.05) is 28.2 Å². The van der Waals surface area contributed by atoms with Crippen LogP contribution in [0.15, 0.2) is 117 Å². The van der Waals surface area contributed by atoms with Crippen molar-refractivity contribution in [2.45, 2.75) is 60.4 Å². The number of nitrogens with zero attached hydrogens (tertiary/aromatic N) is 4. The summed E-state index contributed by atoms with van der Waals surface area (Å²) in [6, 6.07) is 22.4. The Kier molecular flexibility index (Phi) is 13.0. The van der Waals surface area contributed by atoms with Gasteiger partial charge in [-0.2, -0.15) is 0 Å². The van der Waals surface area contributed by atoms with Gasteiger partial charge in [0.2, 0.25) is 31.8 Å². The highest BCUT2D eigenvalue weighted by Gasteiger charge is 2.40. The molecule has 0 aromatic heterocycles. The van der Waals surface area contributed by atoms with Gasteiger partial charge in [0.15, 0.2) is 11.2 Å². The van der Waals surface area contributed by atoms with Gasteiger partial charge in [0.1, 0.15) is 23.0 Å². The predicted molar refractivity (Wildman–Crippen MR) is 203 cm³/mol. The van der Waals surface area contributed by atoms with E-state index in [4.69, 9.17) is 19.1 Å². The first-order valence-electron chi connectivity index (χ1n) is 17.4. The van der Waals surface area contributed by atoms with Crippen LogP contribution in [0, 0.1) is 0 Å². The fraction of sp³-hybridized carbons (Fsp3) is 0.316. The zero-order chi connectivity index (χ0) is 44.3. The fourth-order valence-electron chi connectivity index (χ4n) is 5.54. The maximum Gasteiger partial charge on any atom is 0.573 e. The minimum absolute atomic E-state index is 0.0625. The van der Waals surface area contributed by atoms with Gasteiger partial charge in [-0.1, -0.05) is 46.7 Å². The Hall–Kier alpha value is -5.58. The zero-order valence-corrected chi connectivity index (χ0v) is 34.2. The van der Waals surface area contributed by atoms with Crippen molar-refractivity contribution in [3.05, 3.63) is 108 Å². The molecule has 0 bridgehead atoms. The van der Waals surface area contributed by atoms with Crippen LogP contribution in [0.4, 0.5) is 26.3 Å². The summed E-state index contributed by atoms with van der Waals surface area (Å²) in [5.41, 5.74) is -0.773. The summed E-state index contributed by atoms with van der Waals surface area (Å²) in [4.78, 5) is 11.0. The summed E-state index contributed by atoms with van der Waals surface area (Å²) < 4.78 is 144. The predicted octanol–water partition coefficient (Wildman–Crippen LogP) is 7.73. The summed E-state index contributed by atoms with van der Waals surface area (Å²) in [7, 11) is -1.55. The Morgan fingerprint density at radius 1 is 0.550 bits per heavy atom. The van der Waals surface area contributed by atoms with Crippen molar-refractivity contribution < 1.29 is 71.8 Å². The van der Waals surface area contributed by atoms with Crippen LogP contribution < -0.4 is 18.9 Å². The van der Waals surface area contributed by atoms with E-state index < -0.39 is 44.0 Å². The molecule has 0 N–H and O–H groups in total. The van der Waals surface area contributed by atoms with Crippen molar-refractivity contribution in [3.63, 3.8) is 0 Å². The standard InChI is InChI=1S/2C19H19F3N2O5S/c2*1-18(13-7-9-14(10-8-13)28-19(20,21)22)12-17(23-29-18)27-15-5-4-6-16(11-15)30(25,26)24(2)3/h2*4-11H,12H2,1-3H3/t2*18-/m10/s1. The molecule has 0 amide bonds. The van der Waals surface area contributed by atoms with Crippen molar-refractivity contribution in [1.82, 2.24) is 8.61 Å². The van der Waals surface area contributed by atoms with E-state index in [0.29, 0.717) is 11.1 Å². The topological polar surface area (TPSA) is 155 Å². The van der Waals surface area contributed by atoms with E-state index >= 15 is 0 Å². The van der Waals surface area contributed by atoms with Gasteiger partial charge in [-0.25, -0.2) is 25.4 Å². The fourth-order valence-corrected chi connectivity index (χ4v) is 7.41. The SMILES string of the molecule is CN(C)S(=O)(=O)c1cccc(OC2=NO[C@@](C)(c3ccc(OC(F)(F)F)cc3)C2)c1.CN(C)S(=O)(=O)c1cccc(OC2=NO[C@](C)(c3ccc(OC(F)(F)F)cc3)C2)c1. The number of sulfonamides is 2. The van der Waals surface area contributed by atoms with Gasteiger partial charge in [0.05, 0.1) is 22.6 Å². The van der Waals surface area contributed by atoms with Gasteiger partial charge in [-0.3, -0.25) is 0 Å². The minimum Gasteiger partial charge on any atom is -0.440 e. The van der Waals surface area contributed by atoms with Gasteiger partial charge < -0.3 is 28.6 Å². The molecular weight excluding hydrogens is 851 g/mol. The van der Waals surface area contributed by atoms with Crippen LogP contribution in [-0.2, 0) is 40.9 Å². The Morgan fingerprint density at radius 3 is 1.18 bits per heavy atom. The molecule has 0 saturated heterocycles. The Morgan fingerprint density at radius 2 is 0.883 bits per heavy atom. The van der Waals surface area contributed by atoms with E-state index in [2.05, 4.69) is 19.8 Å². The second-order valence-electron chi connectivity index (χ2n) is 13.8. The highest BCUT2D eigenvalue weighted by Crippen LogP contribution is 2.38. The first-order valence-corrected chi connectivity index (χ1v) is 20.3. The number of hydrogen-bond donors (Lipinski definition) is 0. The highest BCUT2D eigenvalue weighted by molar-refractivity contribution is 7.89. The third-order valence-corrected chi connectivity index (χ3v) is 12.3. The lowest BCUT2D eigenvalue weighted by molar-refractivity contribution is -0.275. The van der Waals surface area contributed by atoms with E-state index in [1.807, 2.05) is 0 Å². The highest BCUT2D eigenvalue weighted by atomic mass is 32.2. The largest absolute Gasteiger partial charge is 0.573 e. The van der Waals surface area contributed by atoms with Crippen molar-refractivity contribution in [1.29, 1.82) is 0 Å². The van der Waals surface area contributed by atoms with Gasteiger partial charge >= 0.3 is 12.7 Å². The van der Waals surface area contributed by atoms with Crippen LogP contribution in [0.25, 0.3) is 0 Å². The van der Waals surface area contributed by atoms with Crippen LogP contribution in [0.2, 0.25) is 0 Å². The van der Waals surface area contributed by atoms with Crippen LogP contribution in [0.5, 0.6) is 23.0 Å². The van der Waals surface area contributed by atoms with Gasteiger partial charge in [-0.15, -0.1) is 26.3 Å². The summed E-state index contributed by atoms with van der Waals surface area (Å²) in [6.07, 6.45) is -9.16. The van der Waals surface area contributed by atoms with Crippen LogP contribution in [0.3, 0.4) is 0 Å². The third-order valence-electron chi connectivity index (χ3n) is 8.71. The monoisotopic (exact) mass is 888 g/mol. The number of hydrogen-bond acceptors (Lipinski definition) is 12. The second kappa shape index (κ2) is 17.2. The number of benzene rings is 4. The summed E-state index contributed by atoms with van der Waals surface area (Å²) in [6.45, 7) is 3.42. The lowest BCUT2D eigenvalue weighted by Gasteiger charge is -2.21. The number of rotatable bonds is 10. The molecule has 0 aliphatic carbocycles. The number of halogens is 6. The average molecular weight is 889 g/mol. The molecular formula is C38H38F6N4O10S2. The Bertz CT molecular complexity index is 2280. The van der Waals surface area contributed by atoms with E-state index in [9.17, 15) is 43.2 Å². The molecule has 60 heavy (non-hydrogen) atoms. The first kappa shape index (κ1) is 45.5. The molecule has 22 heteroatoms. The van der Waals surface area contributed by atoms with Crippen LogP contribution in [0.1, 0.15) is 37.8 Å². The lowest BCUT2D eigenvalue weighted by Crippen LogP contribution is -2.23. The summed E-state index contributed by atoms with van der Waals surface area (Å²) in [5, 5.41) is 7.79. The van der Waals surface area contributed by atoms with Crippen molar-refractivity contribution in [3.8, 4) is 23.0 Å². The molecule has 324 valence electrons. The minimum atomic E-state index is -4.77. The maximum atomic E-state index is 12.3. The van der Waals surface area contributed by atoms with Gasteiger partial charge in [0.25, 0.3) is 0 Å². The quantitative estimate of drug-likeness (QED) is 0.145. The van der Waals surface area contributed by atoms with E-state index in [-0.39, 0.29) is 57.4 Å². The first-order chi connectivity index (χ1) is 27.8. The second-order valence-corrected chi connectivity index (χ2v) is 18.1. The van der Waals surface area contributed by atoms with Crippen molar-refractivity contribution >= 4 is 31.8 Å². The molecule has 0 spiro atoms. The molecule has 6 rings (SSSR count). The Labute approximate surface area is 341 Å². The Balaban J connectivity index is 0.000000228. The molecule has 0 fully saturated rings. The lowest BCUT2D eigenvalue weighted by atomic mass is 9.93. The molecule has 2 aliphatic rings. The zero-order valence-electron chi connectivity index (χ0n) is 32.6. The molecule has 2 aliphatic heterocycles. The molecule has 2 atom stereocenters.